The molecule has 3 rings (SSSR count). The van der Waals surface area contributed by atoms with Gasteiger partial charge in [0.2, 0.25) is 0 Å². The summed E-state index contributed by atoms with van der Waals surface area (Å²) in [4.78, 5) is 4.54. The van der Waals surface area contributed by atoms with Gasteiger partial charge in [-0.15, -0.1) is 0 Å². The number of pyridine rings is 1. The van der Waals surface area contributed by atoms with Crippen molar-refractivity contribution in [3.63, 3.8) is 0 Å². The molecule has 0 amide bonds. The number of hydrogen-bond donors (Lipinski definition) is 0. The largest absolute Gasteiger partial charge is 0.268 e. The van der Waals surface area contributed by atoms with Crippen LogP contribution in [0.3, 0.4) is 0 Å². The Morgan fingerprint density at radius 1 is 1.10 bits per heavy atom. The molecule has 3 heteroatoms. The molecule has 1 aromatic carbocycles. The predicted molar refractivity (Wildman–Crippen MR) is 82.8 cm³/mol. The first-order valence-electron chi connectivity index (χ1n) is 6.95. The number of aromatic nitrogens is 3. The molecule has 0 bridgehead atoms. The number of benzene rings is 1. The van der Waals surface area contributed by atoms with Gasteiger partial charge in [-0.1, -0.05) is 19.9 Å². The predicted octanol–water partition coefficient (Wildman–Crippen LogP) is 4.07. The molecular weight excluding hydrogens is 246 g/mol. The molecule has 0 radical (unpaired) electrons. The summed E-state index contributed by atoms with van der Waals surface area (Å²) in [6.45, 7) is 6.45. The lowest BCUT2D eigenvalue weighted by Gasteiger charge is -2.11. The second-order valence-electron chi connectivity index (χ2n) is 5.60. The molecule has 3 aromatic rings. The summed E-state index contributed by atoms with van der Waals surface area (Å²) in [5.74, 6) is 0.490. The summed E-state index contributed by atoms with van der Waals surface area (Å²) in [6, 6.07) is 8.72. The Morgan fingerprint density at radius 2 is 1.90 bits per heavy atom. The molecular formula is C17H19N3. The van der Waals surface area contributed by atoms with Crippen molar-refractivity contribution in [1.82, 2.24) is 14.8 Å². The molecule has 3 nitrogen and oxygen atoms in total. The SMILES string of the molecule is Cc1ncc(C(C)C)cc1-c1ccc2c(cnn2C)c1. The second-order valence-corrected chi connectivity index (χ2v) is 5.60. The lowest BCUT2D eigenvalue weighted by atomic mass is 9.97. The van der Waals surface area contributed by atoms with E-state index in [1.165, 1.54) is 22.1 Å². The van der Waals surface area contributed by atoms with Gasteiger partial charge in [0.1, 0.15) is 0 Å². The highest BCUT2D eigenvalue weighted by Gasteiger charge is 2.09. The number of nitrogens with zero attached hydrogens (tertiary/aromatic N) is 3. The summed E-state index contributed by atoms with van der Waals surface area (Å²) < 4.78 is 1.90. The molecule has 2 heterocycles. The molecule has 0 N–H and O–H groups in total. The van der Waals surface area contributed by atoms with Crippen LogP contribution in [0.5, 0.6) is 0 Å². The van der Waals surface area contributed by atoms with Gasteiger partial charge in [0.05, 0.1) is 11.7 Å². The van der Waals surface area contributed by atoms with Crippen molar-refractivity contribution in [2.24, 2.45) is 7.05 Å². The Morgan fingerprint density at radius 3 is 2.65 bits per heavy atom. The van der Waals surface area contributed by atoms with Gasteiger partial charge in [-0.2, -0.15) is 5.10 Å². The zero-order valence-electron chi connectivity index (χ0n) is 12.4. The topological polar surface area (TPSA) is 30.7 Å². The molecule has 0 spiro atoms. The molecule has 0 saturated heterocycles. The molecule has 0 atom stereocenters. The summed E-state index contributed by atoms with van der Waals surface area (Å²) in [5.41, 5.74) is 5.91. The third-order valence-electron chi connectivity index (χ3n) is 3.83. The van der Waals surface area contributed by atoms with Gasteiger partial charge in [-0.05, 0) is 42.2 Å². The van der Waals surface area contributed by atoms with Crippen LogP contribution in [0.15, 0.2) is 36.7 Å². The van der Waals surface area contributed by atoms with Crippen LogP contribution in [0.2, 0.25) is 0 Å². The van der Waals surface area contributed by atoms with Gasteiger partial charge < -0.3 is 0 Å². The third-order valence-corrected chi connectivity index (χ3v) is 3.83. The van der Waals surface area contributed by atoms with Crippen LogP contribution in [0.1, 0.15) is 31.0 Å². The Bertz CT molecular complexity index is 769. The first kappa shape index (κ1) is 12.9. The van der Waals surface area contributed by atoms with Gasteiger partial charge in [-0.3, -0.25) is 9.67 Å². The van der Waals surface area contributed by atoms with E-state index in [-0.39, 0.29) is 0 Å². The van der Waals surface area contributed by atoms with E-state index in [4.69, 9.17) is 0 Å². The monoisotopic (exact) mass is 265 g/mol. The van der Waals surface area contributed by atoms with Crippen molar-refractivity contribution in [2.45, 2.75) is 26.7 Å². The normalized spacial score (nSPS) is 11.4. The van der Waals surface area contributed by atoms with Crippen LogP contribution in [0.25, 0.3) is 22.0 Å². The zero-order chi connectivity index (χ0) is 14.3. The highest BCUT2D eigenvalue weighted by atomic mass is 15.2. The van der Waals surface area contributed by atoms with Gasteiger partial charge in [0, 0.05) is 29.9 Å². The van der Waals surface area contributed by atoms with E-state index in [9.17, 15) is 0 Å². The first-order valence-corrected chi connectivity index (χ1v) is 6.95. The molecule has 0 saturated carbocycles. The van der Waals surface area contributed by atoms with E-state index in [0.29, 0.717) is 5.92 Å². The van der Waals surface area contributed by atoms with Crippen molar-refractivity contribution in [3.05, 3.63) is 47.9 Å². The van der Waals surface area contributed by atoms with Crippen molar-refractivity contribution >= 4 is 10.9 Å². The first-order chi connectivity index (χ1) is 9.56. The number of fused-ring (bicyclic) bond motifs is 1. The van der Waals surface area contributed by atoms with Crippen LogP contribution < -0.4 is 0 Å². The van der Waals surface area contributed by atoms with E-state index in [2.05, 4.69) is 55.1 Å². The Kier molecular flexibility index (Phi) is 3.05. The maximum Gasteiger partial charge on any atom is 0.0679 e. The lowest BCUT2D eigenvalue weighted by molar-refractivity contribution is 0.797. The fourth-order valence-corrected chi connectivity index (χ4v) is 2.49. The number of hydrogen-bond acceptors (Lipinski definition) is 2. The number of rotatable bonds is 2. The Balaban J connectivity index is 2.16. The minimum absolute atomic E-state index is 0.490. The molecule has 0 fully saturated rings. The standard InChI is InChI=1S/C17H19N3/c1-11(2)14-8-16(12(3)18-9-14)13-5-6-17-15(7-13)10-19-20(17)4/h5-11H,1-4H3. The van der Waals surface area contributed by atoms with Gasteiger partial charge >= 0.3 is 0 Å². The fraction of sp³-hybridized carbons (Fsp3) is 0.294. The van der Waals surface area contributed by atoms with Crippen molar-refractivity contribution in [1.29, 1.82) is 0 Å². The second kappa shape index (κ2) is 4.75. The molecule has 0 aliphatic rings. The van der Waals surface area contributed by atoms with E-state index >= 15 is 0 Å². The van der Waals surface area contributed by atoms with Crippen LogP contribution in [-0.4, -0.2) is 14.8 Å². The van der Waals surface area contributed by atoms with Gasteiger partial charge in [0.15, 0.2) is 0 Å². The Hall–Kier alpha value is -2.16. The average Bonchev–Trinajstić information content (AvgIpc) is 2.80. The molecule has 2 aromatic heterocycles. The molecule has 0 unspecified atom stereocenters. The minimum Gasteiger partial charge on any atom is -0.268 e. The third kappa shape index (κ3) is 2.09. The molecule has 0 aliphatic heterocycles. The molecule has 0 aliphatic carbocycles. The smallest absolute Gasteiger partial charge is 0.0679 e. The highest BCUT2D eigenvalue weighted by molar-refractivity contribution is 5.85. The average molecular weight is 265 g/mol. The van der Waals surface area contributed by atoms with Crippen LogP contribution >= 0.6 is 0 Å². The number of aryl methyl sites for hydroxylation is 2. The highest BCUT2D eigenvalue weighted by Crippen LogP contribution is 2.28. The van der Waals surface area contributed by atoms with Crippen LogP contribution in [0, 0.1) is 6.92 Å². The summed E-state index contributed by atoms with van der Waals surface area (Å²) in [5, 5.41) is 5.47. The zero-order valence-corrected chi connectivity index (χ0v) is 12.4. The molecule has 102 valence electrons. The van der Waals surface area contributed by atoms with Gasteiger partial charge in [-0.25, -0.2) is 0 Å². The fourth-order valence-electron chi connectivity index (χ4n) is 2.49. The summed E-state index contributed by atoms with van der Waals surface area (Å²) in [6.07, 6.45) is 3.89. The van der Waals surface area contributed by atoms with Crippen molar-refractivity contribution in [2.75, 3.05) is 0 Å². The summed E-state index contributed by atoms with van der Waals surface area (Å²) >= 11 is 0. The lowest BCUT2D eigenvalue weighted by Crippen LogP contribution is -1.94. The maximum atomic E-state index is 4.54. The van der Waals surface area contributed by atoms with Crippen molar-refractivity contribution < 1.29 is 0 Å². The summed E-state index contributed by atoms with van der Waals surface area (Å²) in [7, 11) is 1.97. The Labute approximate surface area is 119 Å². The quantitative estimate of drug-likeness (QED) is 0.699. The van der Waals surface area contributed by atoms with Crippen molar-refractivity contribution in [3.8, 4) is 11.1 Å². The van der Waals surface area contributed by atoms with Crippen LogP contribution in [0.4, 0.5) is 0 Å². The van der Waals surface area contributed by atoms with Crippen LogP contribution in [-0.2, 0) is 7.05 Å². The van der Waals surface area contributed by atoms with E-state index in [1.807, 2.05) is 24.1 Å². The van der Waals surface area contributed by atoms with E-state index in [1.54, 1.807) is 0 Å². The van der Waals surface area contributed by atoms with E-state index < -0.39 is 0 Å². The molecule has 20 heavy (non-hydrogen) atoms. The maximum absolute atomic E-state index is 4.54. The van der Waals surface area contributed by atoms with Gasteiger partial charge in [0.25, 0.3) is 0 Å². The minimum atomic E-state index is 0.490. The van der Waals surface area contributed by atoms with E-state index in [0.717, 1.165) is 11.2 Å².